The van der Waals surface area contributed by atoms with E-state index in [0.29, 0.717) is 6.42 Å². The van der Waals surface area contributed by atoms with E-state index in [1.54, 1.807) is 0 Å². The number of nitrogens with zero attached hydrogens (tertiary/aromatic N) is 5. The molecule has 1 amide bonds. The number of amides is 1. The van der Waals surface area contributed by atoms with Crippen LogP contribution in [0.15, 0.2) is 54.6 Å². The highest BCUT2D eigenvalue weighted by atomic mass is 16.2. The lowest BCUT2D eigenvalue weighted by molar-refractivity contribution is -0.130. The zero-order chi connectivity index (χ0) is 21.0. The molecule has 0 atom stereocenters. The molecule has 2 aromatic carbocycles. The van der Waals surface area contributed by atoms with E-state index in [-0.39, 0.29) is 5.91 Å². The summed E-state index contributed by atoms with van der Waals surface area (Å²) in [4.78, 5) is 19.5. The first-order chi connectivity index (χ1) is 15.3. The smallest absolute Gasteiger partial charge is 0.227 e. The zero-order valence-corrected chi connectivity index (χ0v) is 17.9. The maximum Gasteiger partial charge on any atom is 0.227 e. The van der Waals surface area contributed by atoms with Crippen LogP contribution in [-0.4, -0.2) is 60.3 Å². The normalized spacial score (nSPS) is 17.2. The van der Waals surface area contributed by atoms with E-state index in [1.807, 2.05) is 23.1 Å². The highest BCUT2D eigenvalue weighted by Gasteiger charge is 2.23. The maximum absolute atomic E-state index is 12.9. The number of hydrogen-bond acceptors (Lipinski definition) is 5. The van der Waals surface area contributed by atoms with E-state index in [1.165, 1.54) is 30.0 Å². The lowest BCUT2D eigenvalue weighted by Gasteiger charge is -2.35. The van der Waals surface area contributed by atoms with Crippen LogP contribution in [0.4, 0.5) is 11.6 Å². The summed E-state index contributed by atoms with van der Waals surface area (Å²) >= 11 is 0. The zero-order valence-electron chi connectivity index (χ0n) is 17.9. The van der Waals surface area contributed by atoms with Crippen molar-refractivity contribution >= 4 is 28.3 Å². The van der Waals surface area contributed by atoms with E-state index in [9.17, 15) is 4.79 Å². The molecule has 5 rings (SSSR count). The summed E-state index contributed by atoms with van der Waals surface area (Å²) in [6, 6.07) is 18.6. The minimum absolute atomic E-state index is 0.197. The van der Waals surface area contributed by atoms with Crippen molar-refractivity contribution in [2.24, 2.45) is 0 Å². The van der Waals surface area contributed by atoms with Gasteiger partial charge in [-0.05, 0) is 47.7 Å². The van der Waals surface area contributed by atoms with Crippen LogP contribution in [0.25, 0.3) is 10.8 Å². The minimum Gasteiger partial charge on any atom is -0.355 e. The summed E-state index contributed by atoms with van der Waals surface area (Å²) in [6.07, 6.45) is 4.23. The van der Waals surface area contributed by atoms with Crippen molar-refractivity contribution in [1.29, 1.82) is 0 Å². The van der Waals surface area contributed by atoms with Crippen LogP contribution < -0.4 is 9.80 Å². The van der Waals surface area contributed by atoms with Crippen LogP contribution in [0.3, 0.4) is 0 Å². The van der Waals surface area contributed by atoms with Gasteiger partial charge in [-0.25, -0.2) is 0 Å². The highest BCUT2D eigenvalue weighted by Crippen LogP contribution is 2.22. The predicted octanol–water partition coefficient (Wildman–Crippen LogP) is 3.51. The third-order valence-electron chi connectivity index (χ3n) is 6.49. The van der Waals surface area contributed by atoms with Crippen molar-refractivity contribution in [3.8, 4) is 0 Å². The summed E-state index contributed by atoms with van der Waals surface area (Å²) in [5.41, 5.74) is 1.10. The Kier molecular flexibility index (Phi) is 5.69. The van der Waals surface area contributed by atoms with Gasteiger partial charge in [0.2, 0.25) is 5.91 Å². The molecule has 0 N–H and O–H groups in total. The van der Waals surface area contributed by atoms with Gasteiger partial charge in [0.1, 0.15) is 0 Å². The molecular weight excluding hydrogens is 386 g/mol. The van der Waals surface area contributed by atoms with Gasteiger partial charge < -0.3 is 14.7 Å². The third-order valence-corrected chi connectivity index (χ3v) is 6.49. The van der Waals surface area contributed by atoms with Crippen LogP contribution in [-0.2, 0) is 11.2 Å². The van der Waals surface area contributed by atoms with Crippen molar-refractivity contribution in [3.63, 3.8) is 0 Å². The first-order valence-electron chi connectivity index (χ1n) is 11.4. The highest BCUT2D eigenvalue weighted by molar-refractivity contribution is 5.90. The summed E-state index contributed by atoms with van der Waals surface area (Å²) < 4.78 is 0. The predicted molar refractivity (Wildman–Crippen MR) is 125 cm³/mol. The van der Waals surface area contributed by atoms with Crippen molar-refractivity contribution in [2.45, 2.75) is 25.7 Å². The number of carbonyl (C=O) groups is 1. The van der Waals surface area contributed by atoms with Crippen LogP contribution in [0.1, 0.15) is 24.8 Å². The molecule has 160 valence electrons. The standard InChI is InChI=1S/C25H29N5O/c31-25(19-21-9-6-8-20-7-2-3-10-22(20)21)30-17-15-29(16-18-30)24-12-11-23(26-27-24)28-13-4-1-5-14-28/h2-3,6-12H,1,4-5,13-19H2. The van der Waals surface area contributed by atoms with Crippen LogP contribution in [0, 0.1) is 0 Å². The number of hydrogen-bond donors (Lipinski definition) is 0. The summed E-state index contributed by atoms with van der Waals surface area (Å²) in [5, 5.41) is 11.3. The summed E-state index contributed by atoms with van der Waals surface area (Å²) in [5.74, 6) is 2.08. The number of carbonyl (C=O) groups excluding carboxylic acids is 1. The first kappa shape index (κ1) is 19.8. The molecule has 2 fully saturated rings. The molecule has 2 aliphatic heterocycles. The maximum atomic E-state index is 12.9. The number of rotatable bonds is 4. The number of fused-ring (bicyclic) bond motifs is 1. The van der Waals surface area contributed by atoms with Crippen LogP contribution >= 0.6 is 0 Å². The van der Waals surface area contributed by atoms with Gasteiger partial charge in [0.25, 0.3) is 0 Å². The van der Waals surface area contributed by atoms with Crippen molar-refractivity contribution in [1.82, 2.24) is 15.1 Å². The molecule has 3 aromatic rings. The molecule has 3 heterocycles. The van der Waals surface area contributed by atoms with Gasteiger partial charge in [0.05, 0.1) is 6.42 Å². The second-order valence-electron chi connectivity index (χ2n) is 8.48. The molecule has 6 nitrogen and oxygen atoms in total. The van der Waals surface area contributed by atoms with Crippen molar-refractivity contribution < 1.29 is 4.79 Å². The van der Waals surface area contributed by atoms with Crippen LogP contribution in [0.2, 0.25) is 0 Å². The fraction of sp³-hybridized carbons (Fsp3) is 0.400. The van der Waals surface area contributed by atoms with Crippen LogP contribution in [0.5, 0.6) is 0 Å². The van der Waals surface area contributed by atoms with Gasteiger partial charge in [-0.1, -0.05) is 42.5 Å². The minimum atomic E-state index is 0.197. The Morgan fingerprint density at radius 2 is 1.35 bits per heavy atom. The average molecular weight is 416 g/mol. The van der Waals surface area contributed by atoms with Gasteiger partial charge in [-0.15, -0.1) is 10.2 Å². The fourth-order valence-corrected chi connectivity index (χ4v) is 4.68. The van der Waals surface area contributed by atoms with Gasteiger partial charge in [-0.2, -0.15) is 0 Å². The molecule has 6 heteroatoms. The van der Waals surface area contributed by atoms with Crippen molar-refractivity contribution in [3.05, 3.63) is 60.2 Å². The summed E-state index contributed by atoms with van der Waals surface area (Å²) in [7, 11) is 0. The quantitative estimate of drug-likeness (QED) is 0.653. The Labute approximate surface area is 183 Å². The Hall–Kier alpha value is -3.15. The van der Waals surface area contributed by atoms with E-state index in [0.717, 1.165) is 56.5 Å². The fourth-order valence-electron chi connectivity index (χ4n) is 4.68. The summed E-state index contributed by atoms with van der Waals surface area (Å²) in [6.45, 7) is 5.17. The van der Waals surface area contributed by atoms with Gasteiger partial charge in [0.15, 0.2) is 11.6 Å². The first-order valence-corrected chi connectivity index (χ1v) is 11.4. The number of aromatic nitrogens is 2. The van der Waals surface area contributed by atoms with E-state index >= 15 is 0 Å². The number of anilines is 2. The number of piperidine rings is 1. The molecule has 2 aliphatic rings. The second kappa shape index (κ2) is 8.92. The average Bonchev–Trinajstić information content (AvgIpc) is 2.85. The number of piperazine rings is 1. The van der Waals surface area contributed by atoms with Gasteiger partial charge >= 0.3 is 0 Å². The molecule has 1 aromatic heterocycles. The molecule has 0 unspecified atom stereocenters. The molecule has 0 bridgehead atoms. The monoisotopic (exact) mass is 415 g/mol. The van der Waals surface area contributed by atoms with Gasteiger partial charge in [0, 0.05) is 39.3 Å². The Balaban J connectivity index is 1.18. The Morgan fingerprint density at radius 3 is 2.06 bits per heavy atom. The van der Waals surface area contributed by atoms with E-state index in [2.05, 4.69) is 56.4 Å². The third kappa shape index (κ3) is 4.33. The molecule has 0 saturated carbocycles. The Bertz CT molecular complexity index is 1030. The van der Waals surface area contributed by atoms with E-state index in [4.69, 9.17) is 0 Å². The SMILES string of the molecule is O=C(Cc1cccc2ccccc12)N1CCN(c2ccc(N3CCCCC3)nn2)CC1. The number of benzene rings is 2. The molecule has 0 aliphatic carbocycles. The molecule has 0 radical (unpaired) electrons. The van der Waals surface area contributed by atoms with Gasteiger partial charge in [-0.3, -0.25) is 4.79 Å². The Morgan fingerprint density at radius 1 is 0.710 bits per heavy atom. The largest absolute Gasteiger partial charge is 0.355 e. The molecular formula is C25H29N5O. The molecule has 0 spiro atoms. The van der Waals surface area contributed by atoms with E-state index < -0.39 is 0 Å². The molecule has 31 heavy (non-hydrogen) atoms. The molecule has 2 saturated heterocycles. The lowest BCUT2D eigenvalue weighted by Crippen LogP contribution is -2.49. The topological polar surface area (TPSA) is 52.6 Å². The lowest BCUT2D eigenvalue weighted by atomic mass is 10.0. The second-order valence-corrected chi connectivity index (χ2v) is 8.48. The van der Waals surface area contributed by atoms with Crippen molar-refractivity contribution in [2.75, 3.05) is 49.1 Å².